The Kier molecular flexibility index (Phi) is 6.58. The van der Waals surface area contributed by atoms with E-state index in [9.17, 15) is 14.0 Å². The molecule has 0 aliphatic carbocycles. The van der Waals surface area contributed by atoms with E-state index in [2.05, 4.69) is 30.8 Å². The molecule has 11 nitrogen and oxygen atoms in total. The minimum atomic E-state index is -1.16. The van der Waals surface area contributed by atoms with Crippen LogP contribution in [-0.4, -0.2) is 126 Å². The van der Waals surface area contributed by atoms with Crippen molar-refractivity contribution in [3.8, 4) is 0 Å². The molecule has 5 N–H and O–H groups in total. The van der Waals surface area contributed by atoms with Gasteiger partial charge in [0, 0.05) is 58.9 Å². The number of nitrogens with zero attached hydrogens (tertiary/aromatic N) is 5. The number of alkyl halides is 2. The first-order chi connectivity index (χ1) is 16.4. The van der Waals surface area contributed by atoms with Crippen LogP contribution in [0.5, 0.6) is 0 Å². The minimum Gasteiger partial charge on any atom is -0.381 e. The van der Waals surface area contributed by atoms with Gasteiger partial charge < -0.3 is 26.6 Å². The van der Waals surface area contributed by atoms with Crippen LogP contribution in [0.25, 0.3) is 0 Å². The largest absolute Gasteiger partial charge is 0.381 e. The predicted octanol–water partition coefficient (Wildman–Crippen LogP) is -1.51. The summed E-state index contributed by atoms with van der Waals surface area (Å²) in [5.74, 6) is 0.117. The third kappa shape index (κ3) is 4.56. The van der Waals surface area contributed by atoms with E-state index in [1.165, 1.54) is 4.68 Å². The maximum Gasteiger partial charge on any atom is 0.259 e. The Bertz CT molecular complexity index is 916. The van der Waals surface area contributed by atoms with Gasteiger partial charge >= 0.3 is 0 Å². The molecule has 5 rings (SSSR count). The number of aromatic nitrogens is 2. The third-order valence-corrected chi connectivity index (χ3v) is 7.27. The standard InChI is InChI=1S/C21H33F2N9O2/c22-13-8-26-20-17(19(24)28-32(20)11-13)21(34)27-15-10-25-9-14(23)18(15)31-6-4-29(5-7-31)12-16(33)30-2-1-3-30/h13-15,18,25-26H,1-12H2,(H2,24,28)(H,27,34). The average molecular weight is 482 g/mol. The van der Waals surface area contributed by atoms with Gasteiger partial charge in [0.2, 0.25) is 5.91 Å². The second-order valence-electron chi connectivity index (χ2n) is 9.56. The molecule has 188 valence electrons. The molecule has 0 saturated carbocycles. The van der Waals surface area contributed by atoms with Crippen LogP contribution in [0.3, 0.4) is 0 Å². The van der Waals surface area contributed by atoms with Gasteiger partial charge in [-0.25, -0.2) is 13.5 Å². The number of nitrogens with one attached hydrogen (secondary N) is 3. The van der Waals surface area contributed by atoms with E-state index in [-0.39, 0.29) is 36.9 Å². The van der Waals surface area contributed by atoms with Crippen molar-refractivity contribution in [2.24, 2.45) is 0 Å². The highest BCUT2D eigenvalue weighted by Crippen LogP contribution is 2.27. The molecule has 1 aromatic rings. The lowest BCUT2D eigenvalue weighted by Crippen LogP contribution is -2.67. The first-order valence-electron chi connectivity index (χ1n) is 12.0. The van der Waals surface area contributed by atoms with Crippen LogP contribution in [0.4, 0.5) is 20.4 Å². The number of piperazine rings is 1. The van der Waals surface area contributed by atoms with Crippen molar-refractivity contribution in [2.45, 2.75) is 37.4 Å². The molecule has 0 radical (unpaired) electrons. The van der Waals surface area contributed by atoms with E-state index in [0.29, 0.717) is 45.1 Å². The SMILES string of the molecule is Nc1nn2c(c1C(=O)NC1CNCC(F)C1N1CCN(CC(=O)N3CCC3)CC1)NCC(F)C2. The van der Waals surface area contributed by atoms with Crippen molar-refractivity contribution in [2.75, 3.05) is 76.5 Å². The van der Waals surface area contributed by atoms with E-state index >= 15 is 4.39 Å². The highest BCUT2D eigenvalue weighted by atomic mass is 19.1. The quantitative estimate of drug-likeness (QED) is 0.400. The lowest BCUT2D eigenvalue weighted by Gasteiger charge is -2.46. The van der Waals surface area contributed by atoms with Crippen LogP contribution in [-0.2, 0) is 11.3 Å². The fraction of sp³-hybridized carbons (Fsp3) is 0.762. The van der Waals surface area contributed by atoms with Gasteiger partial charge in [0.05, 0.1) is 25.2 Å². The number of nitrogens with two attached hydrogens (primary N) is 1. The third-order valence-electron chi connectivity index (χ3n) is 7.27. The zero-order valence-corrected chi connectivity index (χ0v) is 19.2. The summed E-state index contributed by atoms with van der Waals surface area (Å²) in [4.78, 5) is 31.5. The molecule has 34 heavy (non-hydrogen) atoms. The van der Waals surface area contributed by atoms with Gasteiger partial charge in [-0.1, -0.05) is 0 Å². The van der Waals surface area contributed by atoms with Crippen LogP contribution in [0.2, 0.25) is 0 Å². The van der Waals surface area contributed by atoms with Crippen LogP contribution >= 0.6 is 0 Å². The number of carbonyl (C=O) groups excluding carboxylic acids is 2. The number of amides is 2. The molecule has 0 spiro atoms. The number of rotatable bonds is 5. The summed E-state index contributed by atoms with van der Waals surface area (Å²) in [6.07, 6.45) is -1.19. The molecule has 3 fully saturated rings. The highest BCUT2D eigenvalue weighted by Gasteiger charge is 2.41. The molecular weight excluding hydrogens is 448 g/mol. The molecule has 13 heteroatoms. The number of halogens is 2. The Labute approximate surface area is 197 Å². The number of nitrogen functional groups attached to an aromatic ring is 1. The van der Waals surface area contributed by atoms with Gasteiger partial charge in [0.25, 0.3) is 5.91 Å². The van der Waals surface area contributed by atoms with E-state index in [4.69, 9.17) is 5.73 Å². The molecule has 4 unspecified atom stereocenters. The highest BCUT2D eigenvalue weighted by molar-refractivity contribution is 6.03. The fourth-order valence-electron chi connectivity index (χ4n) is 5.28. The van der Waals surface area contributed by atoms with Crippen LogP contribution < -0.4 is 21.7 Å². The maximum absolute atomic E-state index is 15.1. The molecule has 1 aromatic heterocycles. The number of hydrogen-bond donors (Lipinski definition) is 4. The van der Waals surface area contributed by atoms with Crippen LogP contribution in [0.15, 0.2) is 0 Å². The van der Waals surface area contributed by atoms with Gasteiger partial charge in [-0.15, -0.1) is 0 Å². The smallest absolute Gasteiger partial charge is 0.259 e. The van der Waals surface area contributed by atoms with Crippen LogP contribution in [0, 0.1) is 0 Å². The summed E-state index contributed by atoms with van der Waals surface area (Å²) in [6, 6.07) is -0.966. The van der Waals surface area contributed by atoms with Gasteiger partial charge in [-0.05, 0) is 6.42 Å². The van der Waals surface area contributed by atoms with E-state index in [0.717, 1.165) is 19.5 Å². The Morgan fingerprint density at radius 2 is 1.85 bits per heavy atom. The van der Waals surface area contributed by atoms with E-state index < -0.39 is 30.3 Å². The lowest BCUT2D eigenvalue weighted by molar-refractivity contribution is -0.136. The Balaban J connectivity index is 1.22. The number of anilines is 2. The zero-order valence-electron chi connectivity index (χ0n) is 19.2. The molecule has 2 amide bonds. The summed E-state index contributed by atoms with van der Waals surface area (Å²) in [5, 5.41) is 13.0. The van der Waals surface area contributed by atoms with Crippen molar-refractivity contribution in [1.29, 1.82) is 0 Å². The number of fused-ring (bicyclic) bond motifs is 1. The topological polar surface area (TPSA) is 124 Å². The molecule has 0 aromatic carbocycles. The van der Waals surface area contributed by atoms with E-state index in [1.54, 1.807) is 0 Å². The lowest BCUT2D eigenvalue weighted by atomic mass is 9.96. The molecule has 4 atom stereocenters. The summed E-state index contributed by atoms with van der Waals surface area (Å²) >= 11 is 0. The summed E-state index contributed by atoms with van der Waals surface area (Å²) in [7, 11) is 0. The van der Waals surface area contributed by atoms with Crippen molar-refractivity contribution in [3.63, 3.8) is 0 Å². The first kappa shape index (κ1) is 23.2. The monoisotopic (exact) mass is 481 g/mol. The summed E-state index contributed by atoms with van der Waals surface area (Å²) in [5.41, 5.74) is 6.14. The molecule has 0 bridgehead atoms. The Hall–Kier alpha value is -2.51. The van der Waals surface area contributed by atoms with Gasteiger partial charge in [0.15, 0.2) is 5.82 Å². The molecule has 4 aliphatic rings. The predicted molar refractivity (Wildman–Crippen MR) is 122 cm³/mol. The zero-order chi connectivity index (χ0) is 23.8. The number of carbonyl (C=O) groups is 2. The summed E-state index contributed by atoms with van der Waals surface area (Å²) in [6.45, 7) is 5.43. The number of piperidine rings is 1. The molecule has 4 aliphatic heterocycles. The minimum absolute atomic E-state index is 0.0201. The summed E-state index contributed by atoms with van der Waals surface area (Å²) < 4.78 is 30.2. The molecule has 5 heterocycles. The van der Waals surface area contributed by atoms with Crippen molar-refractivity contribution in [3.05, 3.63) is 5.56 Å². The van der Waals surface area contributed by atoms with Gasteiger partial charge in [-0.3, -0.25) is 19.4 Å². The molecular formula is C21H33F2N9O2. The second-order valence-corrected chi connectivity index (χ2v) is 9.56. The van der Waals surface area contributed by atoms with Crippen LogP contribution in [0.1, 0.15) is 16.8 Å². The van der Waals surface area contributed by atoms with E-state index in [1.807, 2.05) is 4.90 Å². The maximum atomic E-state index is 15.1. The number of hydrogen-bond acceptors (Lipinski definition) is 8. The Morgan fingerprint density at radius 1 is 1.09 bits per heavy atom. The first-order valence-corrected chi connectivity index (χ1v) is 12.0. The fourth-order valence-corrected chi connectivity index (χ4v) is 5.28. The Morgan fingerprint density at radius 3 is 2.56 bits per heavy atom. The average Bonchev–Trinajstić information content (AvgIpc) is 3.08. The number of likely N-dealkylation sites (tertiary alicyclic amines) is 1. The van der Waals surface area contributed by atoms with Gasteiger partial charge in [0.1, 0.15) is 23.7 Å². The van der Waals surface area contributed by atoms with Crippen molar-refractivity contribution >= 4 is 23.5 Å². The molecule has 3 saturated heterocycles. The second kappa shape index (κ2) is 9.62. The normalized spacial score (nSPS) is 30.2. The van der Waals surface area contributed by atoms with Crippen molar-refractivity contribution in [1.82, 2.24) is 35.1 Å². The van der Waals surface area contributed by atoms with Gasteiger partial charge in [-0.2, -0.15) is 5.10 Å². The van der Waals surface area contributed by atoms with Crippen molar-refractivity contribution < 1.29 is 18.4 Å².